The number of furan rings is 1. The Bertz CT molecular complexity index is 2470. The van der Waals surface area contributed by atoms with Gasteiger partial charge in [0.05, 0.1) is 22.2 Å². The summed E-state index contributed by atoms with van der Waals surface area (Å²) in [6.45, 7) is 0. The van der Waals surface area contributed by atoms with Crippen LogP contribution in [-0.2, 0) is 0 Å². The van der Waals surface area contributed by atoms with E-state index in [-0.39, 0.29) is 0 Å². The van der Waals surface area contributed by atoms with Gasteiger partial charge >= 0.3 is 0 Å². The molecule has 0 radical (unpaired) electrons. The quantitative estimate of drug-likeness (QED) is 0.225. The molecule has 9 rings (SSSR count). The third-order valence-corrected chi connectivity index (χ3v) is 8.20. The fourth-order valence-corrected chi connectivity index (χ4v) is 6.27. The van der Waals surface area contributed by atoms with Crippen LogP contribution in [0.4, 0.5) is 0 Å². The predicted octanol–water partition coefficient (Wildman–Crippen LogP) is 9.96. The van der Waals surface area contributed by atoms with Gasteiger partial charge in [-0.05, 0) is 60.7 Å². The predicted molar refractivity (Wildman–Crippen MR) is 172 cm³/mol. The highest BCUT2D eigenvalue weighted by atomic mass is 16.3. The van der Waals surface area contributed by atoms with E-state index in [9.17, 15) is 0 Å². The SMILES string of the molecule is c1ccc(-n2c3ccccc3c3cc(-c4nc(-c5ccc6oc7ccccc7c6c5)nc5ccccc45)ccc32)cc1. The van der Waals surface area contributed by atoms with Crippen LogP contribution in [0.15, 0.2) is 144 Å². The maximum absolute atomic E-state index is 6.07. The number of rotatable bonds is 3. The Labute approximate surface area is 241 Å². The fraction of sp³-hybridized carbons (Fsp3) is 0. The van der Waals surface area contributed by atoms with Gasteiger partial charge in [-0.1, -0.05) is 78.9 Å². The zero-order chi connectivity index (χ0) is 27.6. The van der Waals surface area contributed by atoms with Crippen molar-refractivity contribution in [2.45, 2.75) is 0 Å². The minimum Gasteiger partial charge on any atom is -0.456 e. The van der Waals surface area contributed by atoms with Crippen molar-refractivity contribution in [1.29, 1.82) is 0 Å². The van der Waals surface area contributed by atoms with Crippen LogP contribution in [-0.4, -0.2) is 14.5 Å². The Morgan fingerprint density at radius 2 is 1.12 bits per heavy atom. The molecule has 0 aliphatic heterocycles. The van der Waals surface area contributed by atoms with E-state index in [1.165, 1.54) is 21.8 Å². The standard InChI is InChI=1S/C38H23N3O/c1-2-10-26(11-3-1)41-33-16-8-5-12-27(33)30-22-24(18-20-34(30)41)37-29-14-4-7-15-32(29)39-38(40-37)25-19-21-36-31(23-25)28-13-6-9-17-35(28)42-36/h1-23H. The summed E-state index contributed by atoms with van der Waals surface area (Å²) in [5.41, 5.74) is 9.11. The molecule has 0 saturated carbocycles. The number of aromatic nitrogens is 3. The lowest BCUT2D eigenvalue weighted by Gasteiger charge is -2.11. The van der Waals surface area contributed by atoms with Gasteiger partial charge in [0.1, 0.15) is 11.2 Å². The van der Waals surface area contributed by atoms with Crippen LogP contribution in [0.1, 0.15) is 0 Å². The topological polar surface area (TPSA) is 43.9 Å². The zero-order valence-corrected chi connectivity index (χ0v) is 22.5. The van der Waals surface area contributed by atoms with Crippen molar-refractivity contribution in [3.8, 4) is 28.3 Å². The Balaban J connectivity index is 1.28. The highest BCUT2D eigenvalue weighted by Gasteiger charge is 2.17. The zero-order valence-electron chi connectivity index (χ0n) is 22.5. The summed E-state index contributed by atoms with van der Waals surface area (Å²) >= 11 is 0. The van der Waals surface area contributed by atoms with Crippen LogP contribution in [0.5, 0.6) is 0 Å². The first-order valence-corrected chi connectivity index (χ1v) is 14.1. The van der Waals surface area contributed by atoms with Crippen LogP contribution in [0.25, 0.3) is 83.0 Å². The highest BCUT2D eigenvalue weighted by Crippen LogP contribution is 2.37. The summed E-state index contributed by atoms with van der Waals surface area (Å²) in [6, 6.07) is 48.5. The van der Waals surface area contributed by atoms with E-state index >= 15 is 0 Å². The van der Waals surface area contributed by atoms with E-state index in [0.717, 1.165) is 55.3 Å². The van der Waals surface area contributed by atoms with Crippen LogP contribution >= 0.6 is 0 Å². The number of nitrogens with zero attached hydrogens (tertiary/aromatic N) is 3. The number of benzene rings is 6. The minimum atomic E-state index is 0.697. The Kier molecular flexibility index (Phi) is 4.87. The smallest absolute Gasteiger partial charge is 0.160 e. The molecule has 0 bridgehead atoms. The van der Waals surface area contributed by atoms with E-state index in [1.807, 2.05) is 30.3 Å². The van der Waals surface area contributed by atoms with Gasteiger partial charge in [-0.3, -0.25) is 0 Å². The van der Waals surface area contributed by atoms with Gasteiger partial charge in [-0.15, -0.1) is 0 Å². The molecule has 0 aliphatic carbocycles. The molecule has 4 heteroatoms. The van der Waals surface area contributed by atoms with Crippen molar-refractivity contribution in [2.24, 2.45) is 0 Å². The molecule has 6 aromatic carbocycles. The van der Waals surface area contributed by atoms with Crippen LogP contribution < -0.4 is 0 Å². The van der Waals surface area contributed by atoms with Crippen LogP contribution in [0, 0.1) is 0 Å². The van der Waals surface area contributed by atoms with Gasteiger partial charge in [0.2, 0.25) is 0 Å². The van der Waals surface area contributed by atoms with Gasteiger partial charge in [-0.2, -0.15) is 0 Å². The number of hydrogen-bond donors (Lipinski definition) is 0. The van der Waals surface area contributed by atoms with Crippen molar-refractivity contribution in [3.05, 3.63) is 140 Å². The summed E-state index contributed by atoms with van der Waals surface area (Å²) in [4.78, 5) is 10.2. The van der Waals surface area contributed by atoms with E-state index in [0.29, 0.717) is 5.82 Å². The van der Waals surface area contributed by atoms with Gasteiger partial charge in [0.15, 0.2) is 5.82 Å². The summed E-state index contributed by atoms with van der Waals surface area (Å²) < 4.78 is 8.41. The molecule has 0 fully saturated rings. The summed E-state index contributed by atoms with van der Waals surface area (Å²) in [5.74, 6) is 0.697. The molecule has 0 saturated heterocycles. The number of hydrogen-bond acceptors (Lipinski definition) is 3. The van der Waals surface area contributed by atoms with Gasteiger partial charge in [0.25, 0.3) is 0 Å². The second kappa shape index (κ2) is 8.88. The molecule has 3 heterocycles. The monoisotopic (exact) mass is 537 g/mol. The van der Waals surface area contributed by atoms with Crippen molar-refractivity contribution in [2.75, 3.05) is 0 Å². The third-order valence-electron chi connectivity index (χ3n) is 8.20. The second-order valence-electron chi connectivity index (χ2n) is 10.6. The lowest BCUT2D eigenvalue weighted by Crippen LogP contribution is -1.96. The molecule has 0 atom stereocenters. The molecule has 4 nitrogen and oxygen atoms in total. The molecular weight excluding hydrogens is 514 g/mol. The van der Waals surface area contributed by atoms with Gasteiger partial charge in [-0.25, -0.2) is 9.97 Å². The van der Waals surface area contributed by atoms with Crippen molar-refractivity contribution < 1.29 is 4.42 Å². The van der Waals surface area contributed by atoms with E-state index in [4.69, 9.17) is 14.4 Å². The molecular formula is C38H23N3O. The normalized spacial score (nSPS) is 11.8. The summed E-state index contributed by atoms with van der Waals surface area (Å²) in [6.07, 6.45) is 0. The minimum absolute atomic E-state index is 0.697. The van der Waals surface area contributed by atoms with E-state index in [1.54, 1.807) is 0 Å². The first kappa shape index (κ1) is 23.0. The van der Waals surface area contributed by atoms with Crippen LogP contribution in [0.3, 0.4) is 0 Å². The number of para-hydroxylation sites is 4. The Hall–Kier alpha value is -5.74. The molecule has 3 aromatic heterocycles. The summed E-state index contributed by atoms with van der Waals surface area (Å²) in [7, 11) is 0. The van der Waals surface area contributed by atoms with E-state index in [2.05, 4.69) is 114 Å². The largest absolute Gasteiger partial charge is 0.456 e. The molecule has 0 spiro atoms. The fourth-order valence-electron chi connectivity index (χ4n) is 6.27. The Morgan fingerprint density at radius 3 is 2.02 bits per heavy atom. The summed E-state index contributed by atoms with van der Waals surface area (Å²) in [5, 5.41) is 5.60. The average molecular weight is 538 g/mol. The average Bonchev–Trinajstić information content (AvgIpc) is 3.59. The van der Waals surface area contributed by atoms with Gasteiger partial charge < -0.3 is 8.98 Å². The maximum Gasteiger partial charge on any atom is 0.160 e. The van der Waals surface area contributed by atoms with Crippen molar-refractivity contribution in [1.82, 2.24) is 14.5 Å². The molecule has 0 unspecified atom stereocenters. The molecule has 0 aliphatic rings. The first-order valence-electron chi connectivity index (χ1n) is 14.1. The van der Waals surface area contributed by atoms with E-state index < -0.39 is 0 Å². The molecule has 196 valence electrons. The van der Waals surface area contributed by atoms with Crippen molar-refractivity contribution in [3.63, 3.8) is 0 Å². The second-order valence-corrected chi connectivity index (χ2v) is 10.6. The molecule has 42 heavy (non-hydrogen) atoms. The lowest BCUT2D eigenvalue weighted by atomic mass is 10.0. The third kappa shape index (κ3) is 3.42. The van der Waals surface area contributed by atoms with Crippen LogP contribution in [0.2, 0.25) is 0 Å². The lowest BCUT2D eigenvalue weighted by molar-refractivity contribution is 0.669. The first-order chi connectivity index (χ1) is 20.8. The number of fused-ring (bicyclic) bond motifs is 7. The Morgan fingerprint density at radius 1 is 0.452 bits per heavy atom. The molecule has 0 amide bonds. The maximum atomic E-state index is 6.07. The van der Waals surface area contributed by atoms with Crippen molar-refractivity contribution >= 4 is 54.6 Å². The highest BCUT2D eigenvalue weighted by molar-refractivity contribution is 6.11. The molecule has 0 N–H and O–H groups in total. The van der Waals surface area contributed by atoms with Gasteiger partial charge in [0, 0.05) is 43.7 Å². The molecule has 9 aromatic rings.